The molecule has 0 spiro atoms. The normalized spacial score (nSPS) is 10.6. The highest BCUT2D eigenvalue weighted by molar-refractivity contribution is 9.10. The average molecular weight is 243 g/mol. The number of aromatic amines is 1. The molecule has 0 fully saturated rings. The fraction of sp³-hybridized carbons (Fsp3) is 0. The Kier molecular flexibility index (Phi) is 1.88. The van der Waals surface area contributed by atoms with Crippen LogP contribution in [0.4, 0.5) is 4.39 Å². The van der Waals surface area contributed by atoms with Crippen LogP contribution in [0.5, 0.6) is 0 Å². The van der Waals surface area contributed by atoms with E-state index < -0.39 is 11.4 Å². The molecule has 0 atom stereocenters. The Balaban J connectivity index is 3.03. The van der Waals surface area contributed by atoms with Gasteiger partial charge in [-0.3, -0.25) is 4.79 Å². The van der Waals surface area contributed by atoms with Gasteiger partial charge in [0.15, 0.2) is 0 Å². The first kappa shape index (κ1) is 8.37. The van der Waals surface area contributed by atoms with Gasteiger partial charge in [-0.1, -0.05) is 15.9 Å². The second kappa shape index (κ2) is 2.92. The van der Waals surface area contributed by atoms with Crippen molar-refractivity contribution in [3.05, 3.63) is 39.1 Å². The van der Waals surface area contributed by atoms with Crippen molar-refractivity contribution in [3.63, 3.8) is 0 Å². The lowest BCUT2D eigenvalue weighted by atomic mass is 10.2. The molecule has 1 aromatic heterocycles. The topological polar surface area (TPSA) is 45.8 Å². The van der Waals surface area contributed by atoms with Gasteiger partial charge in [-0.2, -0.15) is 0 Å². The van der Waals surface area contributed by atoms with E-state index >= 15 is 0 Å². The minimum absolute atomic E-state index is 0.00861. The summed E-state index contributed by atoms with van der Waals surface area (Å²) in [4.78, 5) is 17.3. The van der Waals surface area contributed by atoms with Gasteiger partial charge < -0.3 is 4.98 Å². The van der Waals surface area contributed by atoms with E-state index in [4.69, 9.17) is 0 Å². The highest BCUT2D eigenvalue weighted by Crippen LogP contribution is 2.18. The molecule has 0 amide bonds. The van der Waals surface area contributed by atoms with Gasteiger partial charge in [0.25, 0.3) is 5.56 Å². The van der Waals surface area contributed by atoms with Crippen molar-refractivity contribution in [1.82, 2.24) is 9.97 Å². The number of hydrogen-bond donors (Lipinski definition) is 1. The maximum Gasteiger partial charge on any atom is 0.261 e. The Bertz CT molecular complexity index is 523. The average Bonchev–Trinajstić information content (AvgIpc) is 2.02. The highest BCUT2D eigenvalue weighted by atomic mass is 79.9. The van der Waals surface area contributed by atoms with E-state index in [0.717, 1.165) is 0 Å². The summed E-state index contributed by atoms with van der Waals surface area (Å²) < 4.78 is 13.8. The molecule has 0 aliphatic rings. The van der Waals surface area contributed by atoms with Crippen molar-refractivity contribution in [2.75, 3.05) is 0 Å². The summed E-state index contributed by atoms with van der Waals surface area (Å²) in [6, 6.07) is 2.83. The lowest BCUT2D eigenvalue weighted by Crippen LogP contribution is -2.07. The third-order valence-electron chi connectivity index (χ3n) is 1.66. The van der Waals surface area contributed by atoms with E-state index in [9.17, 15) is 9.18 Å². The number of halogens is 2. The first-order chi connectivity index (χ1) is 6.18. The van der Waals surface area contributed by atoms with Gasteiger partial charge in [-0.05, 0) is 12.1 Å². The van der Waals surface area contributed by atoms with E-state index in [1.54, 1.807) is 6.07 Å². The predicted octanol–water partition coefficient (Wildman–Crippen LogP) is 1.82. The fourth-order valence-corrected chi connectivity index (χ4v) is 1.54. The van der Waals surface area contributed by atoms with Gasteiger partial charge in [0.1, 0.15) is 11.2 Å². The molecule has 0 radical (unpaired) electrons. The lowest BCUT2D eigenvalue weighted by Gasteiger charge is -1.97. The highest BCUT2D eigenvalue weighted by Gasteiger charge is 2.06. The second-order valence-corrected chi connectivity index (χ2v) is 3.43. The molecule has 1 N–H and O–H groups in total. The third kappa shape index (κ3) is 1.35. The van der Waals surface area contributed by atoms with Gasteiger partial charge >= 0.3 is 0 Å². The van der Waals surface area contributed by atoms with Crippen molar-refractivity contribution in [2.45, 2.75) is 0 Å². The standard InChI is InChI=1S/C8H4BrFN2O/c9-4-1-5(10)7-6(2-4)11-3-12-8(7)13/h1-3H,(H,11,12,13). The number of rotatable bonds is 0. The predicted molar refractivity (Wildman–Crippen MR) is 50.0 cm³/mol. The van der Waals surface area contributed by atoms with Gasteiger partial charge in [-0.25, -0.2) is 9.37 Å². The summed E-state index contributed by atoms with van der Waals surface area (Å²) in [6.07, 6.45) is 1.25. The van der Waals surface area contributed by atoms with Crippen LogP contribution in [0, 0.1) is 5.82 Å². The van der Waals surface area contributed by atoms with Gasteiger partial charge in [0, 0.05) is 4.47 Å². The first-order valence-electron chi connectivity index (χ1n) is 3.51. The smallest absolute Gasteiger partial charge is 0.261 e. The zero-order valence-corrected chi connectivity index (χ0v) is 7.93. The van der Waals surface area contributed by atoms with Crippen LogP contribution in [-0.2, 0) is 0 Å². The molecule has 2 aromatic rings. The number of hydrogen-bond acceptors (Lipinski definition) is 2. The van der Waals surface area contributed by atoms with Crippen LogP contribution >= 0.6 is 15.9 Å². The third-order valence-corrected chi connectivity index (χ3v) is 2.12. The molecule has 1 heterocycles. The Morgan fingerprint density at radius 2 is 2.23 bits per heavy atom. The number of benzene rings is 1. The molecule has 5 heteroatoms. The van der Waals surface area contributed by atoms with Gasteiger partial charge in [0.05, 0.1) is 11.8 Å². The molecular formula is C8H4BrFN2O. The minimum Gasteiger partial charge on any atom is -0.313 e. The molecule has 0 saturated heterocycles. The number of H-pyrrole nitrogens is 1. The zero-order valence-electron chi connectivity index (χ0n) is 6.34. The fourth-order valence-electron chi connectivity index (χ4n) is 1.12. The lowest BCUT2D eigenvalue weighted by molar-refractivity contribution is 0.637. The zero-order chi connectivity index (χ0) is 9.42. The molecule has 66 valence electrons. The van der Waals surface area contributed by atoms with Crippen LogP contribution < -0.4 is 5.56 Å². The summed E-state index contributed by atoms with van der Waals surface area (Å²) >= 11 is 3.12. The first-order valence-corrected chi connectivity index (χ1v) is 4.30. The molecule has 0 aliphatic heterocycles. The van der Waals surface area contributed by atoms with Crippen LogP contribution in [-0.4, -0.2) is 9.97 Å². The van der Waals surface area contributed by atoms with Crippen LogP contribution in [0.25, 0.3) is 10.9 Å². The monoisotopic (exact) mass is 242 g/mol. The van der Waals surface area contributed by atoms with Gasteiger partial charge in [-0.15, -0.1) is 0 Å². The summed E-state index contributed by atoms with van der Waals surface area (Å²) in [5.41, 5.74) is -0.120. The van der Waals surface area contributed by atoms with E-state index in [2.05, 4.69) is 25.9 Å². The van der Waals surface area contributed by atoms with Crippen molar-refractivity contribution < 1.29 is 4.39 Å². The van der Waals surface area contributed by atoms with Crippen LogP contribution in [0.3, 0.4) is 0 Å². The Labute approximate surface area is 80.7 Å². The van der Waals surface area contributed by atoms with Crippen LogP contribution in [0.15, 0.2) is 27.7 Å². The summed E-state index contributed by atoms with van der Waals surface area (Å²) in [5.74, 6) is -0.571. The van der Waals surface area contributed by atoms with Crippen LogP contribution in [0.2, 0.25) is 0 Å². The summed E-state index contributed by atoms with van der Waals surface area (Å²) in [7, 11) is 0. The van der Waals surface area contributed by atoms with Crippen molar-refractivity contribution in [1.29, 1.82) is 0 Å². The Hall–Kier alpha value is -1.23. The van der Waals surface area contributed by atoms with E-state index in [0.29, 0.717) is 9.99 Å². The molecule has 0 bridgehead atoms. The molecular weight excluding hydrogens is 239 g/mol. The quantitative estimate of drug-likeness (QED) is 0.767. The van der Waals surface area contributed by atoms with Crippen molar-refractivity contribution in [3.8, 4) is 0 Å². The second-order valence-electron chi connectivity index (χ2n) is 2.51. The molecule has 2 rings (SSSR count). The molecule has 0 saturated carbocycles. The van der Waals surface area contributed by atoms with E-state index in [-0.39, 0.29) is 5.39 Å². The molecule has 0 aliphatic carbocycles. The maximum absolute atomic E-state index is 13.2. The SMILES string of the molecule is O=c1[nH]cnc2cc(Br)cc(F)c12. The van der Waals surface area contributed by atoms with Gasteiger partial charge in [0.2, 0.25) is 0 Å². The Morgan fingerprint density at radius 3 is 3.00 bits per heavy atom. The number of nitrogens with one attached hydrogen (secondary N) is 1. The van der Waals surface area contributed by atoms with Crippen molar-refractivity contribution in [2.24, 2.45) is 0 Å². The molecule has 3 nitrogen and oxygen atoms in total. The molecule has 1 aromatic carbocycles. The molecule has 13 heavy (non-hydrogen) atoms. The maximum atomic E-state index is 13.2. The Morgan fingerprint density at radius 1 is 1.46 bits per heavy atom. The molecule has 0 unspecified atom stereocenters. The van der Waals surface area contributed by atoms with E-state index in [1.807, 2.05) is 0 Å². The summed E-state index contributed by atoms with van der Waals surface area (Å²) in [6.45, 7) is 0. The van der Waals surface area contributed by atoms with E-state index in [1.165, 1.54) is 12.4 Å². The number of aromatic nitrogens is 2. The number of nitrogens with zero attached hydrogens (tertiary/aromatic N) is 1. The minimum atomic E-state index is -0.571. The summed E-state index contributed by atoms with van der Waals surface area (Å²) in [5, 5.41) is -0.00861. The van der Waals surface area contributed by atoms with Crippen LogP contribution in [0.1, 0.15) is 0 Å². The number of fused-ring (bicyclic) bond motifs is 1. The largest absolute Gasteiger partial charge is 0.313 e. The van der Waals surface area contributed by atoms with Crippen molar-refractivity contribution >= 4 is 26.8 Å².